The Balaban J connectivity index is 2.85. The summed E-state index contributed by atoms with van der Waals surface area (Å²) in [5.41, 5.74) is 2.14. The van der Waals surface area contributed by atoms with Gasteiger partial charge in [0, 0.05) is 6.42 Å². The van der Waals surface area contributed by atoms with Crippen LogP contribution < -0.4 is 0 Å². The maximum absolute atomic E-state index is 11.6. The SMILES string of the molecule is C=CCCC(=O)/C=C/C1=C(C)C(O)CCC1(C)C. The third-order valence-corrected chi connectivity index (χ3v) is 3.73. The number of allylic oxidation sites excluding steroid dienone is 4. The Labute approximate surface area is 110 Å². The molecule has 0 spiro atoms. The fourth-order valence-corrected chi connectivity index (χ4v) is 2.42. The van der Waals surface area contributed by atoms with Crippen molar-refractivity contribution >= 4 is 5.78 Å². The minimum Gasteiger partial charge on any atom is -0.389 e. The van der Waals surface area contributed by atoms with E-state index >= 15 is 0 Å². The molecule has 1 aliphatic carbocycles. The van der Waals surface area contributed by atoms with E-state index in [0.29, 0.717) is 12.8 Å². The van der Waals surface area contributed by atoms with Crippen molar-refractivity contribution in [2.45, 2.75) is 52.6 Å². The first-order chi connectivity index (χ1) is 8.38. The summed E-state index contributed by atoms with van der Waals surface area (Å²) in [5, 5.41) is 9.90. The Morgan fingerprint density at radius 2 is 2.22 bits per heavy atom. The zero-order valence-corrected chi connectivity index (χ0v) is 11.7. The van der Waals surface area contributed by atoms with Crippen LogP contribution in [0.25, 0.3) is 0 Å². The van der Waals surface area contributed by atoms with Crippen molar-refractivity contribution in [3.05, 3.63) is 36.0 Å². The van der Waals surface area contributed by atoms with Crippen LogP contribution >= 0.6 is 0 Å². The van der Waals surface area contributed by atoms with E-state index in [9.17, 15) is 9.90 Å². The number of hydrogen-bond donors (Lipinski definition) is 1. The number of ketones is 1. The van der Waals surface area contributed by atoms with Gasteiger partial charge < -0.3 is 5.11 Å². The summed E-state index contributed by atoms with van der Waals surface area (Å²) in [6.07, 6.45) is 7.91. The van der Waals surface area contributed by atoms with E-state index in [1.807, 2.05) is 13.0 Å². The van der Waals surface area contributed by atoms with Crippen molar-refractivity contribution in [3.63, 3.8) is 0 Å². The van der Waals surface area contributed by atoms with Gasteiger partial charge in [-0.3, -0.25) is 4.79 Å². The quantitative estimate of drug-likeness (QED) is 0.596. The largest absolute Gasteiger partial charge is 0.389 e. The second-order valence-corrected chi connectivity index (χ2v) is 5.66. The predicted octanol–water partition coefficient (Wildman–Crippen LogP) is 3.58. The number of rotatable bonds is 5. The lowest BCUT2D eigenvalue weighted by Crippen LogP contribution is -2.27. The van der Waals surface area contributed by atoms with Crippen LogP contribution in [0.15, 0.2) is 36.0 Å². The lowest BCUT2D eigenvalue weighted by Gasteiger charge is -2.35. The van der Waals surface area contributed by atoms with Gasteiger partial charge in [0.2, 0.25) is 0 Å². The summed E-state index contributed by atoms with van der Waals surface area (Å²) in [4.78, 5) is 11.6. The van der Waals surface area contributed by atoms with Gasteiger partial charge in [0.05, 0.1) is 6.10 Å². The van der Waals surface area contributed by atoms with Gasteiger partial charge in [0.15, 0.2) is 5.78 Å². The molecule has 0 aromatic rings. The Hall–Kier alpha value is -1.15. The lowest BCUT2D eigenvalue weighted by molar-refractivity contribution is -0.114. The molecule has 1 atom stereocenters. The van der Waals surface area contributed by atoms with Gasteiger partial charge in [-0.2, -0.15) is 0 Å². The average molecular weight is 248 g/mol. The molecule has 1 aliphatic rings. The summed E-state index contributed by atoms with van der Waals surface area (Å²) >= 11 is 0. The molecular weight excluding hydrogens is 224 g/mol. The molecule has 2 nitrogen and oxygen atoms in total. The zero-order chi connectivity index (χ0) is 13.8. The van der Waals surface area contributed by atoms with Crippen LogP contribution in [0.4, 0.5) is 0 Å². The van der Waals surface area contributed by atoms with Crippen molar-refractivity contribution in [1.29, 1.82) is 0 Å². The summed E-state index contributed by atoms with van der Waals surface area (Å²) < 4.78 is 0. The van der Waals surface area contributed by atoms with Crippen LogP contribution in [-0.2, 0) is 4.79 Å². The van der Waals surface area contributed by atoms with E-state index in [1.165, 1.54) is 0 Å². The Bertz CT molecular complexity index is 386. The maximum Gasteiger partial charge on any atom is 0.156 e. The Morgan fingerprint density at radius 3 is 2.83 bits per heavy atom. The molecule has 0 heterocycles. The van der Waals surface area contributed by atoms with E-state index in [1.54, 1.807) is 12.2 Å². The monoisotopic (exact) mass is 248 g/mol. The molecular formula is C16H24O2. The molecule has 0 saturated heterocycles. The molecule has 1 unspecified atom stereocenters. The molecule has 100 valence electrons. The maximum atomic E-state index is 11.6. The van der Waals surface area contributed by atoms with Gasteiger partial charge in [-0.05, 0) is 48.8 Å². The highest BCUT2D eigenvalue weighted by Crippen LogP contribution is 2.40. The first-order valence-corrected chi connectivity index (χ1v) is 6.59. The van der Waals surface area contributed by atoms with Crippen molar-refractivity contribution in [3.8, 4) is 0 Å². The molecule has 0 amide bonds. The zero-order valence-electron chi connectivity index (χ0n) is 11.7. The Morgan fingerprint density at radius 1 is 1.56 bits per heavy atom. The average Bonchev–Trinajstić information content (AvgIpc) is 2.31. The molecule has 18 heavy (non-hydrogen) atoms. The van der Waals surface area contributed by atoms with Crippen LogP contribution in [0, 0.1) is 5.41 Å². The van der Waals surface area contributed by atoms with Crippen LogP contribution in [-0.4, -0.2) is 17.0 Å². The van der Waals surface area contributed by atoms with Crippen LogP contribution in [0.5, 0.6) is 0 Å². The molecule has 0 aromatic carbocycles. The third-order valence-electron chi connectivity index (χ3n) is 3.73. The minimum atomic E-state index is -0.360. The number of carbonyl (C=O) groups excluding carboxylic acids is 1. The summed E-state index contributed by atoms with van der Waals surface area (Å²) in [7, 11) is 0. The van der Waals surface area contributed by atoms with Crippen molar-refractivity contribution in [2.24, 2.45) is 5.41 Å². The first-order valence-electron chi connectivity index (χ1n) is 6.59. The number of aliphatic hydroxyl groups excluding tert-OH is 1. The van der Waals surface area contributed by atoms with E-state index in [4.69, 9.17) is 0 Å². The molecule has 0 radical (unpaired) electrons. The summed E-state index contributed by atoms with van der Waals surface area (Å²) in [5.74, 6) is 0.117. The molecule has 0 fully saturated rings. The summed E-state index contributed by atoms with van der Waals surface area (Å²) in [6, 6.07) is 0. The third kappa shape index (κ3) is 3.67. The van der Waals surface area contributed by atoms with Gasteiger partial charge in [-0.15, -0.1) is 6.58 Å². The predicted molar refractivity (Wildman–Crippen MR) is 75.3 cm³/mol. The van der Waals surface area contributed by atoms with Crippen molar-refractivity contribution < 1.29 is 9.90 Å². The Kier molecular flexibility index (Phi) is 5.09. The molecule has 0 bridgehead atoms. The van der Waals surface area contributed by atoms with E-state index in [0.717, 1.165) is 24.0 Å². The normalized spacial score (nSPS) is 23.4. The van der Waals surface area contributed by atoms with Gasteiger partial charge in [0.25, 0.3) is 0 Å². The minimum absolute atomic E-state index is 0.0402. The fourth-order valence-electron chi connectivity index (χ4n) is 2.42. The topological polar surface area (TPSA) is 37.3 Å². The molecule has 2 heteroatoms. The van der Waals surface area contributed by atoms with Crippen LogP contribution in [0.2, 0.25) is 0 Å². The first kappa shape index (κ1) is 14.9. The van der Waals surface area contributed by atoms with E-state index in [2.05, 4.69) is 20.4 Å². The van der Waals surface area contributed by atoms with Gasteiger partial charge in [0.1, 0.15) is 0 Å². The fraction of sp³-hybridized carbons (Fsp3) is 0.562. The van der Waals surface area contributed by atoms with Crippen molar-refractivity contribution in [1.82, 2.24) is 0 Å². The number of aliphatic hydroxyl groups is 1. The molecule has 0 aromatic heterocycles. The highest BCUT2D eigenvalue weighted by molar-refractivity contribution is 5.90. The summed E-state index contributed by atoms with van der Waals surface area (Å²) in [6.45, 7) is 9.89. The van der Waals surface area contributed by atoms with Gasteiger partial charge in [-0.25, -0.2) is 0 Å². The van der Waals surface area contributed by atoms with Gasteiger partial charge in [-0.1, -0.05) is 26.0 Å². The second-order valence-electron chi connectivity index (χ2n) is 5.66. The van der Waals surface area contributed by atoms with E-state index in [-0.39, 0.29) is 17.3 Å². The second kappa shape index (κ2) is 6.14. The highest BCUT2D eigenvalue weighted by atomic mass is 16.3. The van der Waals surface area contributed by atoms with Gasteiger partial charge >= 0.3 is 0 Å². The lowest BCUT2D eigenvalue weighted by atomic mass is 9.71. The number of hydrogen-bond acceptors (Lipinski definition) is 2. The molecule has 1 rings (SSSR count). The molecule has 0 saturated carbocycles. The van der Waals surface area contributed by atoms with Crippen LogP contribution in [0.3, 0.4) is 0 Å². The molecule has 0 aliphatic heterocycles. The van der Waals surface area contributed by atoms with E-state index < -0.39 is 0 Å². The smallest absolute Gasteiger partial charge is 0.156 e. The van der Waals surface area contributed by atoms with Crippen molar-refractivity contribution in [2.75, 3.05) is 0 Å². The van der Waals surface area contributed by atoms with Crippen LogP contribution in [0.1, 0.15) is 46.5 Å². The standard InChI is InChI=1S/C16H24O2/c1-5-6-7-13(17)8-9-14-12(2)15(18)10-11-16(14,3)4/h5,8-9,15,18H,1,6-7,10-11H2,2-4H3/b9-8+. The number of carbonyl (C=O) groups is 1. The highest BCUT2D eigenvalue weighted by Gasteiger charge is 2.30. The molecule has 1 N–H and O–H groups in total.